The van der Waals surface area contributed by atoms with Crippen LogP contribution in [0, 0.1) is 0 Å². The predicted octanol–water partition coefficient (Wildman–Crippen LogP) is 3.94. The highest BCUT2D eigenvalue weighted by atomic mass is 19.4. The quantitative estimate of drug-likeness (QED) is 0.741. The zero-order chi connectivity index (χ0) is 20.0. The van der Waals surface area contributed by atoms with Crippen LogP contribution in [0.1, 0.15) is 15.9 Å². The maximum absolute atomic E-state index is 12.4. The van der Waals surface area contributed by atoms with E-state index in [1.165, 1.54) is 43.5 Å². The molecule has 2 aromatic rings. The number of ether oxygens (including phenoxy) is 2. The van der Waals surface area contributed by atoms with Gasteiger partial charge in [0.1, 0.15) is 0 Å². The molecule has 0 aliphatic rings. The highest BCUT2D eigenvalue weighted by Gasteiger charge is 2.32. The molecule has 0 aliphatic carbocycles. The van der Waals surface area contributed by atoms with Crippen LogP contribution < -0.4 is 14.8 Å². The number of para-hydroxylation sites is 1. The summed E-state index contributed by atoms with van der Waals surface area (Å²) in [6.45, 7) is 0. The lowest BCUT2D eigenvalue weighted by Crippen LogP contribution is -2.17. The Hall–Kier alpha value is -3.49. The minimum Gasteiger partial charge on any atom is -0.493 e. The molecule has 0 heterocycles. The Morgan fingerprint density at radius 3 is 2.44 bits per heavy atom. The van der Waals surface area contributed by atoms with Crippen LogP contribution in [0.25, 0.3) is 6.08 Å². The number of amides is 1. The van der Waals surface area contributed by atoms with Crippen molar-refractivity contribution in [3.05, 3.63) is 59.7 Å². The second-order valence-electron chi connectivity index (χ2n) is 5.13. The van der Waals surface area contributed by atoms with E-state index in [4.69, 9.17) is 9.84 Å². The molecule has 0 bridgehead atoms. The number of rotatable bonds is 6. The van der Waals surface area contributed by atoms with Crippen LogP contribution >= 0.6 is 0 Å². The fraction of sp³-hybridized carbons (Fsp3) is 0.111. The van der Waals surface area contributed by atoms with Crippen LogP contribution in [0.15, 0.2) is 48.5 Å². The van der Waals surface area contributed by atoms with Gasteiger partial charge in [0, 0.05) is 6.08 Å². The highest BCUT2D eigenvalue weighted by molar-refractivity contribution is 6.06. The maximum Gasteiger partial charge on any atom is 0.573 e. The molecule has 0 atom stereocenters. The van der Waals surface area contributed by atoms with Gasteiger partial charge in [-0.05, 0) is 35.9 Å². The molecular weight excluding hydrogens is 367 g/mol. The Kier molecular flexibility index (Phi) is 6.07. The predicted molar refractivity (Wildman–Crippen MR) is 90.7 cm³/mol. The number of hydrogen-bond acceptors (Lipinski definition) is 4. The molecule has 142 valence electrons. The van der Waals surface area contributed by atoms with Crippen molar-refractivity contribution in [2.24, 2.45) is 0 Å². The lowest BCUT2D eigenvalue weighted by molar-refractivity contribution is -0.275. The molecule has 0 saturated heterocycles. The second-order valence-corrected chi connectivity index (χ2v) is 5.13. The number of carboxylic acids is 1. The average Bonchev–Trinajstić information content (AvgIpc) is 2.59. The zero-order valence-corrected chi connectivity index (χ0v) is 13.9. The molecule has 2 rings (SSSR count). The standard InChI is InChI=1S/C18H14F3NO5/c1-26-14-8-6-11(10-15(14)27-18(19,20)21)7-9-16(23)22-13-5-3-2-4-12(13)17(24)25/h2-10H,1H3,(H,22,23)(H,24,25). The summed E-state index contributed by atoms with van der Waals surface area (Å²) in [6, 6.07) is 9.55. The summed E-state index contributed by atoms with van der Waals surface area (Å²) in [6.07, 6.45) is -2.59. The average molecular weight is 381 g/mol. The second kappa shape index (κ2) is 8.26. The number of carbonyl (C=O) groups excluding carboxylic acids is 1. The van der Waals surface area contributed by atoms with Crippen molar-refractivity contribution in [2.75, 3.05) is 12.4 Å². The van der Waals surface area contributed by atoms with Gasteiger partial charge >= 0.3 is 12.3 Å². The van der Waals surface area contributed by atoms with Gasteiger partial charge < -0.3 is 19.9 Å². The van der Waals surface area contributed by atoms with Gasteiger partial charge in [-0.2, -0.15) is 0 Å². The van der Waals surface area contributed by atoms with E-state index in [1.54, 1.807) is 6.07 Å². The summed E-state index contributed by atoms with van der Waals surface area (Å²) < 4.78 is 46.0. The van der Waals surface area contributed by atoms with Gasteiger partial charge in [-0.1, -0.05) is 18.2 Å². The number of aromatic carboxylic acids is 1. The molecule has 0 spiro atoms. The van der Waals surface area contributed by atoms with Gasteiger partial charge in [0.05, 0.1) is 18.4 Å². The summed E-state index contributed by atoms with van der Waals surface area (Å²) in [5.74, 6) is -2.54. The molecule has 0 fully saturated rings. The molecule has 2 aromatic carbocycles. The smallest absolute Gasteiger partial charge is 0.493 e. The van der Waals surface area contributed by atoms with Crippen molar-refractivity contribution in [1.29, 1.82) is 0 Å². The third-order valence-corrected chi connectivity index (χ3v) is 3.26. The molecule has 27 heavy (non-hydrogen) atoms. The first-order chi connectivity index (χ1) is 12.7. The summed E-state index contributed by atoms with van der Waals surface area (Å²) in [5, 5.41) is 11.5. The number of methoxy groups -OCH3 is 1. The first kappa shape index (κ1) is 19.8. The van der Waals surface area contributed by atoms with Crippen molar-refractivity contribution in [3.8, 4) is 11.5 Å². The van der Waals surface area contributed by atoms with Crippen molar-refractivity contribution < 1.29 is 37.3 Å². The molecule has 0 aliphatic heterocycles. The van der Waals surface area contributed by atoms with Crippen LogP contribution in [0.3, 0.4) is 0 Å². The van der Waals surface area contributed by atoms with Gasteiger partial charge in [-0.3, -0.25) is 4.79 Å². The molecule has 1 amide bonds. The molecule has 0 saturated carbocycles. The van der Waals surface area contributed by atoms with E-state index in [0.717, 1.165) is 12.1 Å². The minimum absolute atomic E-state index is 0.0930. The number of benzene rings is 2. The first-order valence-corrected chi connectivity index (χ1v) is 7.45. The third-order valence-electron chi connectivity index (χ3n) is 3.26. The summed E-state index contributed by atoms with van der Waals surface area (Å²) in [4.78, 5) is 23.1. The number of carboxylic acid groups (broad SMARTS) is 1. The molecular formula is C18H14F3NO5. The number of hydrogen-bond donors (Lipinski definition) is 2. The monoisotopic (exact) mass is 381 g/mol. The van der Waals surface area contributed by atoms with Crippen LogP contribution in [0.2, 0.25) is 0 Å². The molecule has 6 nitrogen and oxygen atoms in total. The van der Waals surface area contributed by atoms with E-state index < -0.39 is 24.0 Å². The van der Waals surface area contributed by atoms with Crippen LogP contribution in [0.4, 0.5) is 18.9 Å². The Bertz CT molecular complexity index is 878. The van der Waals surface area contributed by atoms with Gasteiger partial charge in [-0.15, -0.1) is 13.2 Å². The molecule has 2 N–H and O–H groups in total. The van der Waals surface area contributed by atoms with Crippen molar-refractivity contribution in [2.45, 2.75) is 6.36 Å². The van der Waals surface area contributed by atoms with Crippen molar-refractivity contribution >= 4 is 23.6 Å². The van der Waals surface area contributed by atoms with Crippen LogP contribution in [0.5, 0.6) is 11.5 Å². The highest BCUT2D eigenvalue weighted by Crippen LogP contribution is 2.33. The minimum atomic E-state index is -4.90. The molecule has 0 unspecified atom stereocenters. The Balaban J connectivity index is 2.17. The fourth-order valence-corrected chi connectivity index (χ4v) is 2.13. The van der Waals surface area contributed by atoms with Gasteiger partial charge in [0.2, 0.25) is 5.91 Å². The lowest BCUT2D eigenvalue weighted by atomic mass is 10.1. The maximum atomic E-state index is 12.4. The number of halogens is 3. The van der Waals surface area contributed by atoms with Crippen molar-refractivity contribution in [3.63, 3.8) is 0 Å². The first-order valence-electron chi connectivity index (χ1n) is 7.45. The van der Waals surface area contributed by atoms with Crippen LogP contribution in [-0.2, 0) is 4.79 Å². The van der Waals surface area contributed by atoms with E-state index in [2.05, 4.69) is 10.1 Å². The fourth-order valence-electron chi connectivity index (χ4n) is 2.13. The van der Waals surface area contributed by atoms with Gasteiger partial charge in [0.15, 0.2) is 11.5 Å². The van der Waals surface area contributed by atoms with E-state index in [9.17, 15) is 22.8 Å². The Morgan fingerprint density at radius 2 is 1.81 bits per heavy atom. The number of nitrogens with one attached hydrogen (secondary N) is 1. The normalized spacial score (nSPS) is 11.3. The Labute approximate surface area is 151 Å². The summed E-state index contributed by atoms with van der Waals surface area (Å²) in [5.41, 5.74) is 0.247. The topological polar surface area (TPSA) is 84.9 Å². The lowest BCUT2D eigenvalue weighted by Gasteiger charge is -2.12. The van der Waals surface area contributed by atoms with Crippen molar-refractivity contribution in [1.82, 2.24) is 0 Å². The zero-order valence-electron chi connectivity index (χ0n) is 13.9. The van der Waals surface area contributed by atoms with Gasteiger partial charge in [-0.25, -0.2) is 4.79 Å². The molecule has 0 radical (unpaired) electrons. The number of anilines is 1. The van der Waals surface area contributed by atoms with Crippen LogP contribution in [-0.4, -0.2) is 30.5 Å². The summed E-state index contributed by atoms with van der Waals surface area (Å²) in [7, 11) is 1.20. The molecule has 0 aromatic heterocycles. The third kappa shape index (κ3) is 5.77. The number of alkyl halides is 3. The Morgan fingerprint density at radius 1 is 1.11 bits per heavy atom. The summed E-state index contributed by atoms with van der Waals surface area (Å²) >= 11 is 0. The van der Waals surface area contributed by atoms with E-state index in [1.807, 2.05) is 0 Å². The SMILES string of the molecule is COc1ccc(C=CC(=O)Nc2ccccc2C(=O)O)cc1OC(F)(F)F. The molecule has 9 heteroatoms. The van der Waals surface area contributed by atoms with Gasteiger partial charge in [0.25, 0.3) is 0 Å². The number of carbonyl (C=O) groups is 2. The van der Waals surface area contributed by atoms with E-state index in [-0.39, 0.29) is 22.6 Å². The largest absolute Gasteiger partial charge is 0.573 e. The van der Waals surface area contributed by atoms with E-state index >= 15 is 0 Å². The van der Waals surface area contributed by atoms with E-state index in [0.29, 0.717) is 0 Å².